The summed E-state index contributed by atoms with van der Waals surface area (Å²) in [6, 6.07) is 11.5. The van der Waals surface area contributed by atoms with Crippen molar-refractivity contribution in [3.8, 4) is 11.5 Å². The average molecular weight is 244 g/mol. The van der Waals surface area contributed by atoms with Crippen molar-refractivity contribution in [1.82, 2.24) is 0 Å². The lowest BCUT2D eigenvalue weighted by Crippen LogP contribution is -1.89. The van der Waals surface area contributed by atoms with Crippen molar-refractivity contribution in [3.05, 3.63) is 59.4 Å². The Balaban J connectivity index is 2.22. The van der Waals surface area contributed by atoms with Gasteiger partial charge < -0.3 is 4.74 Å². The van der Waals surface area contributed by atoms with Crippen LogP contribution in [0, 0.1) is 5.82 Å². The molecule has 0 atom stereocenters. The quantitative estimate of drug-likeness (QED) is 0.760. The Morgan fingerprint density at radius 1 is 1.11 bits per heavy atom. The monoisotopic (exact) mass is 244 g/mol. The van der Waals surface area contributed by atoms with Gasteiger partial charge in [0.05, 0.1) is 0 Å². The number of rotatable bonds is 4. The van der Waals surface area contributed by atoms with E-state index in [2.05, 4.69) is 6.92 Å². The first-order valence-corrected chi connectivity index (χ1v) is 5.74. The number of aldehydes is 1. The van der Waals surface area contributed by atoms with Crippen LogP contribution >= 0.6 is 0 Å². The van der Waals surface area contributed by atoms with Gasteiger partial charge in [0.2, 0.25) is 0 Å². The van der Waals surface area contributed by atoms with E-state index in [-0.39, 0.29) is 5.56 Å². The SMILES string of the molecule is CCc1ccc(Oc2cc(F)cc(C=O)c2)cc1. The predicted octanol–water partition coefficient (Wildman–Crippen LogP) is 3.99. The molecular weight excluding hydrogens is 231 g/mol. The van der Waals surface area contributed by atoms with Gasteiger partial charge in [-0.05, 0) is 36.2 Å². The fourth-order valence-corrected chi connectivity index (χ4v) is 1.64. The molecule has 0 aromatic heterocycles. The molecule has 18 heavy (non-hydrogen) atoms. The largest absolute Gasteiger partial charge is 0.457 e. The summed E-state index contributed by atoms with van der Waals surface area (Å²) in [5.74, 6) is 0.454. The van der Waals surface area contributed by atoms with Crippen molar-refractivity contribution < 1.29 is 13.9 Å². The molecule has 2 rings (SSSR count). The fraction of sp³-hybridized carbons (Fsp3) is 0.133. The lowest BCUT2D eigenvalue weighted by molar-refractivity contribution is 0.112. The van der Waals surface area contributed by atoms with Crippen LogP contribution in [0.3, 0.4) is 0 Å². The summed E-state index contributed by atoms with van der Waals surface area (Å²) < 4.78 is 18.7. The standard InChI is InChI=1S/C15H13FO2/c1-2-11-3-5-14(6-4-11)18-15-8-12(10-17)7-13(16)9-15/h3-10H,2H2,1H3. The normalized spacial score (nSPS) is 10.1. The Bertz CT molecular complexity index is 547. The maximum atomic E-state index is 13.2. The molecule has 0 saturated carbocycles. The zero-order valence-corrected chi connectivity index (χ0v) is 10.0. The molecule has 0 unspecified atom stereocenters. The molecule has 2 aromatic rings. The molecule has 0 radical (unpaired) electrons. The molecule has 0 amide bonds. The van der Waals surface area contributed by atoms with Crippen LogP contribution in [0.15, 0.2) is 42.5 Å². The average Bonchev–Trinajstić information content (AvgIpc) is 2.39. The first-order valence-electron chi connectivity index (χ1n) is 5.74. The maximum absolute atomic E-state index is 13.2. The van der Waals surface area contributed by atoms with Gasteiger partial charge in [0, 0.05) is 11.6 Å². The summed E-state index contributed by atoms with van der Waals surface area (Å²) in [5, 5.41) is 0. The van der Waals surface area contributed by atoms with Crippen LogP contribution in [0.2, 0.25) is 0 Å². The Labute approximate surface area is 105 Å². The van der Waals surface area contributed by atoms with Crippen LogP contribution in [-0.2, 0) is 6.42 Å². The summed E-state index contributed by atoms with van der Waals surface area (Å²) in [5.41, 5.74) is 1.46. The number of hydrogen-bond acceptors (Lipinski definition) is 2. The molecule has 2 aromatic carbocycles. The molecule has 0 spiro atoms. The highest BCUT2D eigenvalue weighted by atomic mass is 19.1. The number of halogens is 1. The van der Waals surface area contributed by atoms with Gasteiger partial charge >= 0.3 is 0 Å². The highest BCUT2D eigenvalue weighted by Crippen LogP contribution is 2.23. The van der Waals surface area contributed by atoms with Crippen LogP contribution in [0.1, 0.15) is 22.8 Å². The number of aryl methyl sites for hydroxylation is 1. The van der Waals surface area contributed by atoms with E-state index in [1.807, 2.05) is 24.3 Å². The third kappa shape index (κ3) is 2.94. The van der Waals surface area contributed by atoms with Gasteiger partial charge in [-0.15, -0.1) is 0 Å². The summed E-state index contributed by atoms with van der Waals surface area (Å²) in [4.78, 5) is 10.6. The fourth-order valence-electron chi connectivity index (χ4n) is 1.64. The van der Waals surface area contributed by atoms with Gasteiger partial charge in [-0.25, -0.2) is 4.39 Å². The van der Waals surface area contributed by atoms with Crippen molar-refractivity contribution >= 4 is 6.29 Å². The van der Waals surface area contributed by atoms with E-state index >= 15 is 0 Å². The Kier molecular flexibility index (Phi) is 3.72. The van der Waals surface area contributed by atoms with Gasteiger partial charge in [-0.2, -0.15) is 0 Å². The van der Waals surface area contributed by atoms with E-state index in [9.17, 15) is 9.18 Å². The molecule has 0 aliphatic carbocycles. The van der Waals surface area contributed by atoms with Crippen molar-refractivity contribution in [1.29, 1.82) is 0 Å². The molecule has 0 aliphatic heterocycles. The van der Waals surface area contributed by atoms with Crippen LogP contribution in [0.25, 0.3) is 0 Å². The zero-order valence-electron chi connectivity index (χ0n) is 10.0. The van der Waals surface area contributed by atoms with E-state index in [4.69, 9.17) is 4.74 Å². The molecule has 3 heteroatoms. The van der Waals surface area contributed by atoms with Crippen molar-refractivity contribution in [2.75, 3.05) is 0 Å². The van der Waals surface area contributed by atoms with Gasteiger partial charge in [-0.1, -0.05) is 19.1 Å². The zero-order chi connectivity index (χ0) is 13.0. The summed E-state index contributed by atoms with van der Waals surface area (Å²) >= 11 is 0. The molecule has 0 bridgehead atoms. The summed E-state index contributed by atoms with van der Waals surface area (Å²) in [6.07, 6.45) is 1.55. The first-order chi connectivity index (χ1) is 8.71. The number of hydrogen-bond donors (Lipinski definition) is 0. The molecule has 0 aliphatic rings. The van der Waals surface area contributed by atoms with Crippen LogP contribution in [0.4, 0.5) is 4.39 Å². The molecule has 0 N–H and O–H groups in total. The Hall–Kier alpha value is -2.16. The second-order valence-corrected chi connectivity index (χ2v) is 3.94. The summed E-state index contributed by atoms with van der Waals surface area (Å²) in [7, 11) is 0. The van der Waals surface area contributed by atoms with E-state index in [1.165, 1.54) is 23.8 Å². The number of benzene rings is 2. The molecule has 92 valence electrons. The predicted molar refractivity (Wildman–Crippen MR) is 67.7 cm³/mol. The van der Waals surface area contributed by atoms with E-state index in [0.717, 1.165) is 6.42 Å². The Morgan fingerprint density at radius 3 is 2.44 bits per heavy atom. The topological polar surface area (TPSA) is 26.3 Å². The molecular formula is C15H13FO2. The third-order valence-corrected chi connectivity index (χ3v) is 2.60. The molecule has 0 fully saturated rings. The van der Waals surface area contributed by atoms with Gasteiger partial charge in [0.25, 0.3) is 0 Å². The number of carbonyl (C=O) groups excluding carboxylic acids is 1. The van der Waals surface area contributed by atoms with Gasteiger partial charge in [0.1, 0.15) is 23.6 Å². The molecule has 0 saturated heterocycles. The van der Waals surface area contributed by atoms with Gasteiger partial charge in [-0.3, -0.25) is 4.79 Å². The molecule has 2 nitrogen and oxygen atoms in total. The highest BCUT2D eigenvalue weighted by molar-refractivity contribution is 5.75. The van der Waals surface area contributed by atoms with Crippen molar-refractivity contribution in [2.24, 2.45) is 0 Å². The van der Waals surface area contributed by atoms with E-state index < -0.39 is 5.82 Å². The lowest BCUT2D eigenvalue weighted by Gasteiger charge is -2.07. The first kappa shape index (κ1) is 12.3. The lowest BCUT2D eigenvalue weighted by atomic mass is 10.2. The number of ether oxygens (including phenoxy) is 1. The minimum atomic E-state index is -0.486. The highest BCUT2D eigenvalue weighted by Gasteiger charge is 2.03. The van der Waals surface area contributed by atoms with Crippen molar-refractivity contribution in [3.63, 3.8) is 0 Å². The van der Waals surface area contributed by atoms with Crippen LogP contribution in [-0.4, -0.2) is 6.29 Å². The second-order valence-electron chi connectivity index (χ2n) is 3.94. The van der Waals surface area contributed by atoms with Crippen LogP contribution < -0.4 is 4.74 Å². The van der Waals surface area contributed by atoms with Crippen molar-refractivity contribution in [2.45, 2.75) is 13.3 Å². The second kappa shape index (κ2) is 5.45. The van der Waals surface area contributed by atoms with Gasteiger partial charge in [0.15, 0.2) is 0 Å². The Morgan fingerprint density at radius 2 is 1.83 bits per heavy atom. The van der Waals surface area contributed by atoms with E-state index in [0.29, 0.717) is 17.8 Å². The summed E-state index contributed by atoms with van der Waals surface area (Å²) in [6.45, 7) is 2.07. The minimum Gasteiger partial charge on any atom is -0.457 e. The van der Waals surface area contributed by atoms with Crippen LogP contribution in [0.5, 0.6) is 11.5 Å². The molecule has 0 heterocycles. The number of carbonyl (C=O) groups is 1. The minimum absolute atomic E-state index is 0.259. The third-order valence-electron chi connectivity index (χ3n) is 2.60. The van der Waals surface area contributed by atoms with E-state index in [1.54, 1.807) is 0 Å². The smallest absolute Gasteiger partial charge is 0.150 e. The maximum Gasteiger partial charge on any atom is 0.150 e.